The summed E-state index contributed by atoms with van der Waals surface area (Å²) < 4.78 is 6.58. The highest BCUT2D eigenvalue weighted by molar-refractivity contribution is 5.96. The summed E-state index contributed by atoms with van der Waals surface area (Å²) in [5.74, 6) is -0.114. The maximum absolute atomic E-state index is 13.6. The fourth-order valence-electron chi connectivity index (χ4n) is 3.81. The van der Waals surface area contributed by atoms with Gasteiger partial charge in [0, 0.05) is 12.4 Å². The van der Waals surface area contributed by atoms with Crippen molar-refractivity contribution in [2.45, 2.75) is 13.0 Å². The molecule has 39 heavy (non-hydrogen) atoms. The molecule has 0 bridgehead atoms. The largest absolute Gasteiger partial charge is 0.495 e. The number of rotatable bonds is 7. The van der Waals surface area contributed by atoms with E-state index >= 15 is 0 Å². The fourth-order valence-corrected chi connectivity index (χ4v) is 3.81. The number of azo groups is 1. The Labute approximate surface area is 220 Å². The minimum atomic E-state index is -1.42. The van der Waals surface area contributed by atoms with E-state index in [-0.39, 0.29) is 23.2 Å². The maximum Gasteiger partial charge on any atom is 0.259 e. The van der Waals surface area contributed by atoms with Gasteiger partial charge in [-0.3, -0.25) is 9.59 Å². The molecule has 3 heterocycles. The highest BCUT2D eigenvalue weighted by atomic mass is 16.5. The molecule has 13 nitrogen and oxygen atoms in total. The molecule has 192 valence electrons. The molecule has 2 N–H and O–H groups in total. The number of aromatic amines is 1. The zero-order valence-electron chi connectivity index (χ0n) is 20.7. The van der Waals surface area contributed by atoms with Crippen LogP contribution in [0.2, 0.25) is 0 Å². The van der Waals surface area contributed by atoms with Crippen LogP contribution in [0, 0.1) is 18.3 Å². The average molecular weight is 521 g/mol. The van der Waals surface area contributed by atoms with E-state index in [9.17, 15) is 14.9 Å². The molecule has 5 aromatic rings. The first-order valence-corrected chi connectivity index (χ1v) is 11.6. The molecule has 0 fully saturated rings. The van der Waals surface area contributed by atoms with Crippen molar-refractivity contribution in [3.8, 4) is 17.8 Å². The molecule has 13 heteroatoms. The van der Waals surface area contributed by atoms with Gasteiger partial charge in [-0.2, -0.15) is 20.2 Å². The Morgan fingerprint density at radius 3 is 2.64 bits per heavy atom. The standard InChI is InChI=1S/C26H20N10O3/c1-15-17(14-27)23(36(35-15)26-28-12-7-13-29-26)34-33-21(25(38)31-19-10-5-6-11-20(19)39-2)22-30-18-9-4-3-8-16(18)24(37)32-22/h3-13,21H,1-2H3,(H,31,38)(H,30,32,37). The normalized spacial score (nSPS) is 11.8. The van der Waals surface area contributed by atoms with E-state index in [1.807, 2.05) is 0 Å². The van der Waals surface area contributed by atoms with Crippen LogP contribution in [0.15, 0.2) is 82.0 Å². The summed E-state index contributed by atoms with van der Waals surface area (Å²) in [5.41, 5.74) is 0.792. The van der Waals surface area contributed by atoms with Gasteiger partial charge in [-0.05, 0) is 37.3 Å². The SMILES string of the molecule is COc1ccccc1NC(=O)C(N=Nc1c(C#N)c(C)nn1-c1ncccn1)c1nc2ccccc2c(=O)[nH]1. The van der Waals surface area contributed by atoms with Crippen LogP contribution in [0.1, 0.15) is 23.1 Å². The number of nitrogens with one attached hydrogen (secondary N) is 2. The lowest BCUT2D eigenvalue weighted by atomic mass is 10.2. The number of hydrogen-bond donors (Lipinski definition) is 2. The molecule has 1 amide bonds. The molecule has 0 saturated heterocycles. The molecule has 3 aromatic heterocycles. The van der Waals surface area contributed by atoms with Crippen molar-refractivity contribution in [2.24, 2.45) is 10.2 Å². The van der Waals surface area contributed by atoms with Crippen LogP contribution in [0.25, 0.3) is 16.9 Å². The minimum Gasteiger partial charge on any atom is -0.495 e. The first kappa shape index (κ1) is 24.9. The topological polar surface area (TPSA) is 176 Å². The van der Waals surface area contributed by atoms with Gasteiger partial charge in [-0.15, -0.1) is 5.11 Å². The number of hydrogen-bond acceptors (Lipinski definition) is 10. The maximum atomic E-state index is 13.6. The Balaban J connectivity index is 1.63. The first-order valence-electron chi connectivity index (χ1n) is 11.6. The number of ether oxygens (including phenoxy) is 1. The third-order valence-corrected chi connectivity index (χ3v) is 5.66. The smallest absolute Gasteiger partial charge is 0.259 e. The molecule has 0 radical (unpaired) electrons. The van der Waals surface area contributed by atoms with Crippen LogP contribution < -0.4 is 15.6 Å². The van der Waals surface area contributed by atoms with E-state index in [2.05, 4.69) is 46.6 Å². The van der Waals surface area contributed by atoms with Crippen molar-refractivity contribution in [3.63, 3.8) is 0 Å². The van der Waals surface area contributed by atoms with Crippen molar-refractivity contribution in [2.75, 3.05) is 12.4 Å². The Morgan fingerprint density at radius 2 is 1.87 bits per heavy atom. The molecule has 0 spiro atoms. The summed E-state index contributed by atoms with van der Waals surface area (Å²) in [7, 11) is 1.48. The zero-order valence-corrected chi connectivity index (χ0v) is 20.7. The monoisotopic (exact) mass is 520 g/mol. The Hall–Kier alpha value is -5.77. The van der Waals surface area contributed by atoms with Crippen LogP contribution in [0.3, 0.4) is 0 Å². The second-order valence-electron chi connectivity index (χ2n) is 8.13. The van der Waals surface area contributed by atoms with Gasteiger partial charge in [-0.1, -0.05) is 24.3 Å². The highest BCUT2D eigenvalue weighted by Gasteiger charge is 2.26. The van der Waals surface area contributed by atoms with Crippen LogP contribution >= 0.6 is 0 Å². The predicted octanol–water partition coefficient (Wildman–Crippen LogP) is 3.55. The molecule has 5 rings (SSSR count). The van der Waals surface area contributed by atoms with Crippen molar-refractivity contribution < 1.29 is 9.53 Å². The fraction of sp³-hybridized carbons (Fsp3) is 0.115. The number of anilines is 1. The highest BCUT2D eigenvalue weighted by Crippen LogP contribution is 2.29. The number of para-hydroxylation sites is 3. The van der Waals surface area contributed by atoms with E-state index in [0.29, 0.717) is 28.0 Å². The Morgan fingerprint density at radius 1 is 1.13 bits per heavy atom. The van der Waals surface area contributed by atoms with Crippen molar-refractivity contribution in [3.05, 3.63) is 94.4 Å². The molecule has 0 aliphatic rings. The van der Waals surface area contributed by atoms with Crippen LogP contribution in [-0.2, 0) is 4.79 Å². The van der Waals surface area contributed by atoms with E-state index in [1.165, 1.54) is 24.2 Å². The molecule has 0 saturated carbocycles. The lowest BCUT2D eigenvalue weighted by Gasteiger charge is -2.14. The second-order valence-corrected chi connectivity index (χ2v) is 8.13. The van der Waals surface area contributed by atoms with Gasteiger partial charge in [0.1, 0.15) is 23.2 Å². The number of aryl methyl sites for hydroxylation is 1. The number of nitriles is 1. The van der Waals surface area contributed by atoms with Crippen molar-refractivity contribution >= 4 is 28.3 Å². The quantitative estimate of drug-likeness (QED) is 0.306. The zero-order chi connectivity index (χ0) is 27.4. The first-order chi connectivity index (χ1) is 19.0. The predicted molar refractivity (Wildman–Crippen MR) is 140 cm³/mol. The molecule has 1 unspecified atom stereocenters. The minimum absolute atomic E-state index is 0.0134. The van der Waals surface area contributed by atoms with Gasteiger partial charge in [0.25, 0.3) is 17.4 Å². The number of fused-ring (bicyclic) bond motifs is 1. The van der Waals surface area contributed by atoms with Gasteiger partial charge in [0.2, 0.25) is 6.04 Å². The molecule has 2 aromatic carbocycles. The number of H-pyrrole nitrogens is 1. The van der Waals surface area contributed by atoms with E-state index in [4.69, 9.17) is 4.74 Å². The summed E-state index contributed by atoms with van der Waals surface area (Å²) in [6.07, 6.45) is 3.03. The Bertz CT molecular complexity index is 1800. The number of benzene rings is 2. The third-order valence-electron chi connectivity index (χ3n) is 5.66. The van der Waals surface area contributed by atoms with Gasteiger partial charge < -0.3 is 15.0 Å². The number of aromatic nitrogens is 6. The van der Waals surface area contributed by atoms with E-state index < -0.39 is 17.5 Å². The van der Waals surface area contributed by atoms with Crippen LogP contribution in [-0.4, -0.2) is 42.7 Å². The number of carbonyl (C=O) groups excluding carboxylic acids is 1. The summed E-state index contributed by atoms with van der Waals surface area (Å²) in [6, 6.07) is 15.8. The molecular weight excluding hydrogens is 500 g/mol. The molecule has 0 aliphatic carbocycles. The number of carbonyl (C=O) groups is 1. The van der Waals surface area contributed by atoms with E-state index in [0.717, 1.165) is 0 Å². The third kappa shape index (κ3) is 4.94. The second kappa shape index (κ2) is 10.7. The lowest BCUT2D eigenvalue weighted by molar-refractivity contribution is -0.117. The van der Waals surface area contributed by atoms with Crippen LogP contribution in [0.5, 0.6) is 5.75 Å². The van der Waals surface area contributed by atoms with Gasteiger partial charge in [-0.25, -0.2) is 15.0 Å². The van der Waals surface area contributed by atoms with Gasteiger partial charge in [0.05, 0.1) is 29.4 Å². The summed E-state index contributed by atoms with van der Waals surface area (Å²) >= 11 is 0. The van der Waals surface area contributed by atoms with Crippen molar-refractivity contribution in [1.82, 2.24) is 29.7 Å². The van der Waals surface area contributed by atoms with Crippen LogP contribution in [0.4, 0.5) is 11.5 Å². The molecule has 0 aliphatic heterocycles. The molecule has 1 atom stereocenters. The number of methoxy groups -OCH3 is 1. The summed E-state index contributed by atoms with van der Waals surface area (Å²) in [5, 5.41) is 25.7. The van der Waals surface area contributed by atoms with E-state index in [1.54, 1.807) is 61.5 Å². The molecular formula is C26H20N10O3. The van der Waals surface area contributed by atoms with Gasteiger partial charge in [0.15, 0.2) is 5.82 Å². The average Bonchev–Trinajstić information content (AvgIpc) is 3.28. The van der Waals surface area contributed by atoms with Crippen molar-refractivity contribution in [1.29, 1.82) is 5.26 Å². The van der Waals surface area contributed by atoms with Gasteiger partial charge >= 0.3 is 0 Å². The summed E-state index contributed by atoms with van der Waals surface area (Å²) in [4.78, 5) is 41.8. The Kier molecular flexibility index (Phi) is 6.83. The summed E-state index contributed by atoms with van der Waals surface area (Å²) in [6.45, 7) is 1.63. The number of amides is 1. The lowest BCUT2D eigenvalue weighted by Crippen LogP contribution is -2.24. The number of nitrogens with zero attached hydrogens (tertiary/aromatic N) is 8.